The monoisotopic (exact) mass is 339 g/mol. The summed E-state index contributed by atoms with van der Waals surface area (Å²) in [4.78, 5) is 11.6. The highest BCUT2D eigenvalue weighted by molar-refractivity contribution is 6.36. The van der Waals surface area contributed by atoms with Crippen molar-refractivity contribution in [1.82, 2.24) is 5.43 Å². The standard InChI is InChI=1S/C15H12Cl2FN3O/c16-11-2-1-10(14(17)7-11)8-20-21-15(22)9-19-13-5-3-12(18)4-6-13/h1-8,19H,9H2,(H,21,22). The molecule has 0 aromatic heterocycles. The Morgan fingerprint density at radius 3 is 2.59 bits per heavy atom. The van der Waals surface area contributed by atoms with Crippen molar-refractivity contribution in [3.8, 4) is 0 Å². The van der Waals surface area contributed by atoms with Crippen molar-refractivity contribution in [2.45, 2.75) is 0 Å². The van der Waals surface area contributed by atoms with Crippen LogP contribution in [-0.4, -0.2) is 18.7 Å². The van der Waals surface area contributed by atoms with Crippen molar-refractivity contribution in [2.75, 3.05) is 11.9 Å². The predicted octanol–water partition coefficient (Wildman–Crippen LogP) is 3.69. The van der Waals surface area contributed by atoms with Crippen molar-refractivity contribution >= 4 is 41.0 Å². The molecule has 2 aromatic rings. The van der Waals surface area contributed by atoms with Gasteiger partial charge in [0.15, 0.2) is 0 Å². The molecule has 0 atom stereocenters. The fraction of sp³-hybridized carbons (Fsp3) is 0.0667. The number of hydrazone groups is 1. The van der Waals surface area contributed by atoms with E-state index in [2.05, 4.69) is 15.8 Å². The second-order valence-corrected chi connectivity index (χ2v) is 5.16. The first-order valence-electron chi connectivity index (χ1n) is 6.31. The highest BCUT2D eigenvalue weighted by Crippen LogP contribution is 2.19. The van der Waals surface area contributed by atoms with Gasteiger partial charge in [0, 0.05) is 16.3 Å². The molecule has 0 aliphatic heterocycles. The summed E-state index contributed by atoms with van der Waals surface area (Å²) in [7, 11) is 0. The van der Waals surface area contributed by atoms with E-state index in [0.29, 0.717) is 21.3 Å². The molecule has 7 heteroatoms. The van der Waals surface area contributed by atoms with E-state index in [1.165, 1.54) is 18.3 Å². The molecule has 2 rings (SSSR count). The van der Waals surface area contributed by atoms with Gasteiger partial charge in [-0.3, -0.25) is 4.79 Å². The molecule has 2 aromatic carbocycles. The van der Waals surface area contributed by atoms with Gasteiger partial charge in [0.25, 0.3) is 5.91 Å². The summed E-state index contributed by atoms with van der Waals surface area (Å²) in [5, 5.41) is 7.61. The molecule has 0 saturated heterocycles. The van der Waals surface area contributed by atoms with Crippen LogP contribution >= 0.6 is 23.2 Å². The molecule has 0 aliphatic carbocycles. The fourth-order valence-corrected chi connectivity index (χ4v) is 2.03. The molecular formula is C15H12Cl2FN3O. The van der Waals surface area contributed by atoms with Gasteiger partial charge in [-0.05, 0) is 36.4 Å². The summed E-state index contributed by atoms with van der Waals surface area (Å²) in [6.07, 6.45) is 1.43. The largest absolute Gasteiger partial charge is 0.376 e. The normalized spacial score (nSPS) is 10.7. The molecule has 0 spiro atoms. The van der Waals surface area contributed by atoms with Crippen LogP contribution in [0.2, 0.25) is 10.0 Å². The second kappa shape index (κ2) is 7.77. The molecule has 22 heavy (non-hydrogen) atoms. The molecule has 1 amide bonds. The van der Waals surface area contributed by atoms with E-state index < -0.39 is 0 Å². The summed E-state index contributed by atoms with van der Waals surface area (Å²) in [6, 6.07) is 10.6. The molecule has 0 fully saturated rings. The summed E-state index contributed by atoms with van der Waals surface area (Å²) in [5.41, 5.74) is 3.63. The van der Waals surface area contributed by atoms with E-state index in [1.54, 1.807) is 30.3 Å². The topological polar surface area (TPSA) is 53.5 Å². The van der Waals surface area contributed by atoms with E-state index in [4.69, 9.17) is 23.2 Å². The average molecular weight is 340 g/mol. The number of amides is 1. The molecule has 0 unspecified atom stereocenters. The summed E-state index contributed by atoms with van der Waals surface area (Å²) < 4.78 is 12.7. The number of anilines is 1. The smallest absolute Gasteiger partial charge is 0.259 e. The molecular weight excluding hydrogens is 328 g/mol. The summed E-state index contributed by atoms with van der Waals surface area (Å²) in [5.74, 6) is -0.676. The Morgan fingerprint density at radius 2 is 1.91 bits per heavy atom. The zero-order valence-electron chi connectivity index (χ0n) is 11.3. The number of halogens is 3. The Hall–Kier alpha value is -2.11. The lowest BCUT2D eigenvalue weighted by atomic mass is 10.2. The Balaban J connectivity index is 1.82. The lowest BCUT2D eigenvalue weighted by Gasteiger charge is -2.05. The number of carbonyl (C=O) groups is 1. The van der Waals surface area contributed by atoms with Gasteiger partial charge in [0.1, 0.15) is 5.82 Å². The van der Waals surface area contributed by atoms with Gasteiger partial charge < -0.3 is 5.32 Å². The quantitative estimate of drug-likeness (QED) is 0.644. The molecule has 0 bridgehead atoms. The summed E-state index contributed by atoms with van der Waals surface area (Å²) >= 11 is 11.7. The molecule has 0 aliphatic rings. The van der Waals surface area contributed by atoms with Crippen LogP contribution in [0.3, 0.4) is 0 Å². The van der Waals surface area contributed by atoms with Crippen LogP contribution in [0, 0.1) is 5.82 Å². The first-order valence-corrected chi connectivity index (χ1v) is 7.06. The summed E-state index contributed by atoms with van der Waals surface area (Å²) in [6.45, 7) is 0.0112. The van der Waals surface area contributed by atoms with Gasteiger partial charge in [-0.2, -0.15) is 5.10 Å². The minimum atomic E-state index is -0.342. The van der Waals surface area contributed by atoms with Crippen LogP contribution in [0.15, 0.2) is 47.6 Å². The maximum Gasteiger partial charge on any atom is 0.259 e. The minimum absolute atomic E-state index is 0.0112. The zero-order chi connectivity index (χ0) is 15.9. The van der Waals surface area contributed by atoms with Gasteiger partial charge >= 0.3 is 0 Å². The number of rotatable bonds is 5. The van der Waals surface area contributed by atoms with E-state index >= 15 is 0 Å². The van der Waals surface area contributed by atoms with E-state index in [9.17, 15) is 9.18 Å². The molecule has 0 saturated carbocycles. The third-order valence-corrected chi connectivity index (χ3v) is 3.22. The van der Waals surface area contributed by atoms with Crippen LogP contribution in [0.4, 0.5) is 10.1 Å². The highest BCUT2D eigenvalue weighted by atomic mass is 35.5. The number of nitrogens with one attached hydrogen (secondary N) is 2. The van der Waals surface area contributed by atoms with Gasteiger partial charge in [-0.15, -0.1) is 0 Å². The van der Waals surface area contributed by atoms with E-state index in [-0.39, 0.29) is 18.3 Å². The Labute approximate surface area is 136 Å². The Kier molecular flexibility index (Phi) is 5.75. The van der Waals surface area contributed by atoms with Crippen LogP contribution < -0.4 is 10.7 Å². The third-order valence-electron chi connectivity index (χ3n) is 2.65. The lowest BCUT2D eigenvalue weighted by molar-refractivity contribution is -0.119. The van der Waals surface area contributed by atoms with Crippen LogP contribution in [0.1, 0.15) is 5.56 Å². The minimum Gasteiger partial charge on any atom is -0.376 e. The zero-order valence-corrected chi connectivity index (χ0v) is 12.8. The number of nitrogens with zero attached hydrogens (tertiary/aromatic N) is 1. The first-order chi connectivity index (χ1) is 10.5. The highest BCUT2D eigenvalue weighted by Gasteiger charge is 2.01. The number of hydrogen-bond acceptors (Lipinski definition) is 3. The number of carbonyl (C=O) groups excluding carboxylic acids is 1. The number of hydrogen-bond donors (Lipinski definition) is 2. The Morgan fingerprint density at radius 1 is 1.18 bits per heavy atom. The van der Waals surface area contributed by atoms with E-state index in [0.717, 1.165) is 0 Å². The van der Waals surface area contributed by atoms with Crippen molar-refractivity contribution in [2.24, 2.45) is 5.10 Å². The lowest BCUT2D eigenvalue weighted by Crippen LogP contribution is -2.25. The maximum absolute atomic E-state index is 12.7. The number of benzene rings is 2. The van der Waals surface area contributed by atoms with Gasteiger partial charge in [-0.1, -0.05) is 29.3 Å². The van der Waals surface area contributed by atoms with Crippen molar-refractivity contribution < 1.29 is 9.18 Å². The average Bonchev–Trinajstić information content (AvgIpc) is 2.49. The van der Waals surface area contributed by atoms with Gasteiger partial charge in [-0.25, -0.2) is 9.82 Å². The molecule has 114 valence electrons. The molecule has 0 radical (unpaired) electrons. The van der Waals surface area contributed by atoms with Crippen LogP contribution in [0.5, 0.6) is 0 Å². The van der Waals surface area contributed by atoms with Gasteiger partial charge in [0.2, 0.25) is 0 Å². The Bertz CT molecular complexity index is 690. The van der Waals surface area contributed by atoms with Crippen molar-refractivity contribution in [3.63, 3.8) is 0 Å². The van der Waals surface area contributed by atoms with E-state index in [1.807, 2.05) is 0 Å². The second-order valence-electron chi connectivity index (χ2n) is 4.32. The molecule has 0 heterocycles. The third kappa shape index (κ3) is 5.02. The molecule has 4 nitrogen and oxygen atoms in total. The van der Waals surface area contributed by atoms with Crippen LogP contribution in [0.25, 0.3) is 0 Å². The SMILES string of the molecule is O=C(CNc1ccc(F)cc1)NN=Cc1ccc(Cl)cc1Cl. The first kappa shape index (κ1) is 16.3. The van der Waals surface area contributed by atoms with Gasteiger partial charge in [0.05, 0.1) is 17.8 Å². The van der Waals surface area contributed by atoms with Crippen molar-refractivity contribution in [1.29, 1.82) is 0 Å². The fourth-order valence-electron chi connectivity index (χ4n) is 1.57. The maximum atomic E-state index is 12.7. The van der Waals surface area contributed by atoms with Crippen LogP contribution in [-0.2, 0) is 4.79 Å². The predicted molar refractivity (Wildman–Crippen MR) is 87.1 cm³/mol. The van der Waals surface area contributed by atoms with Crippen molar-refractivity contribution in [3.05, 3.63) is 63.9 Å². The molecule has 2 N–H and O–H groups in total.